The van der Waals surface area contributed by atoms with Crippen LogP contribution in [0.4, 0.5) is 0 Å². The van der Waals surface area contributed by atoms with Crippen LogP contribution in [0.15, 0.2) is 33.7 Å². The van der Waals surface area contributed by atoms with Crippen molar-refractivity contribution < 1.29 is 17.7 Å². The minimum absolute atomic E-state index is 0.0959. The van der Waals surface area contributed by atoms with E-state index in [2.05, 4.69) is 27.5 Å². The summed E-state index contributed by atoms with van der Waals surface area (Å²) in [6.07, 6.45) is 5.11. The Kier molecular flexibility index (Phi) is 7.51. The fourth-order valence-electron chi connectivity index (χ4n) is 4.92. The monoisotopic (exact) mass is 474 g/mol. The maximum Gasteiger partial charge on any atom is 0.248 e. The Morgan fingerprint density at radius 2 is 1.82 bits per heavy atom. The predicted octanol–water partition coefficient (Wildman–Crippen LogP) is 2.99. The molecule has 0 radical (unpaired) electrons. The van der Waals surface area contributed by atoms with Crippen LogP contribution in [0, 0.1) is 19.8 Å². The number of piperidine rings is 2. The first kappa shape index (κ1) is 23.9. The molecule has 1 N–H and O–H groups in total. The summed E-state index contributed by atoms with van der Waals surface area (Å²) in [5, 5.41) is 6.85. The molecule has 33 heavy (non-hydrogen) atoms. The van der Waals surface area contributed by atoms with E-state index in [1.165, 1.54) is 29.1 Å². The normalized spacial score (nSPS) is 20.6. The van der Waals surface area contributed by atoms with Gasteiger partial charge in [-0.15, -0.1) is 0 Å². The molecular weight excluding hydrogens is 440 g/mol. The fraction of sp³-hybridized carbons (Fsp3) is 0.583. The average Bonchev–Trinajstić information content (AvgIpc) is 3.17. The van der Waals surface area contributed by atoms with Crippen LogP contribution in [0.5, 0.6) is 0 Å². The summed E-state index contributed by atoms with van der Waals surface area (Å²) in [7, 11) is -3.75. The van der Waals surface area contributed by atoms with Gasteiger partial charge in [0.2, 0.25) is 15.9 Å². The summed E-state index contributed by atoms with van der Waals surface area (Å²) in [6, 6.07) is 8.24. The second kappa shape index (κ2) is 10.4. The van der Waals surface area contributed by atoms with Crippen molar-refractivity contribution in [3.05, 3.63) is 46.8 Å². The summed E-state index contributed by atoms with van der Waals surface area (Å²) >= 11 is 0. The minimum atomic E-state index is -3.75. The van der Waals surface area contributed by atoms with E-state index < -0.39 is 10.0 Å². The zero-order valence-electron chi connectivity index (χ0n) is 19.5. The van der Waals surface area contributed by atoms with E-state index >= 15 is 0 Å². The third kappa shape index (κ3) is 5.47. The number of sulfonamides is 1. The lowest BCUT2D eigenvalue weighted by Crippen LogP contribution is -2.45. The van der Waals surface area contributed by atoms with E-state index in [4.69, 9.17) is 4.52 Å². The summed E-state index contributed by atoms with van der Waals surface area (Å²) < 4.78 is 32.8. The van der Waals surface area contributed by atoms with Gasteiger partial charge in [0.1, 0.15) is 10.6 Å². The zero-order chi connectivity index (χ0) is 23.4. The molecule has 0 spiro atoms. The number of aryl methyl sites for hydroxylation is 2. The first-order valence-electron chi connectivity index (χ1n) is 11.9. The number of likely N-dealkylation sites (tertiary alicyclic amines) is 1. The molecular formula is C24H34N4O4S. The van der Waals surface area contributed by atoms with Gasteiger partial charge in [0, 0.05) is 26.2 Å². The Hall–Kier alpha value is -2.23. The molecule has 3 heterocycles. The smallest absolute Gasteiger partial charge is 0.248 e. The first-order valence-corrected chi connectivity index (χ1v) is 13.3. The standard InChI is InChI=1S/C24H34N4O4S/c1-18-23(19(2)32-26-18)33(30,31)28-14-8-11-22(17-28)24(29)25-15-20-9-4-5-10-21(20)16-27-12-6-3-7-13-27/h4-5,9-10,22H,3,6-8,11-17H2,1-2H3,(H,25,29). The molecule has 1 aromatic heterocycles. The highest BCUT2D eigenvalue weighted by Gasteiger charge is 2.36. The molecule has 0 bridgehead atoms. The van der Waals surface area contributed by atoms with Crippen molar-refractivity contribution in [3.63, 3.8) is 0 Å². The number of aromatic nitrogens is 1. The summed E-state index contributed by atoms with van der Waals surface area (Å²) in [5.41, 5.74) is 2.71. The molecule has 2 fully saturated rings. The fourth-order valence-corrected chi connectivity index (χ4v) is 6.73. The number of hydrogen-bond donors (Lipinski definition) is 1. The highest BCUT2D eigenvalue weighted by atomic mass is 32.2. The molecule has 2 aliphatic heterocycles. The van der Waals surface area contributed by atoms with Gasteiger partial charge < -0.3 is 9.84 Å². The zero-order valence-corrected chi connectivity index (χ0v) is 20.4. The van der Waals surface area contributed by atoms with Gasteiger partial charge in [-0.05, 0) is 63.7 Å². The maximum absolute atomic E-state index is 13.2. The molecule has 0 saturated carbocycles. The largest absolute Gasteiger partial charge is 0.360 e. The van der Waals surface area contributed by atoms with Crippen molar-refractivity contribution in [2.75, 3.05) is 26.2 Å². The topological polar surface area (TPSA) is 95.8 Å². The van der Waals surface area contributed by atoms with Gasteiger partial charge >= 0.3 is 0 Å². The van der Waals surface area contributed by atoms with Crippen LogP contribution < -0.4 is 5.32 Å². The van der Waals surface area contributed by atoms with E-state index in [1.54, 1.807) is 13.8 Å². The van der Waals surface area contributed by atoms with Gasteiger partial charge in [-0.1, -0.05) is 35.8 Å². The van der Waals surface area contributed by atoms with Crippen LogP contribution in [0.2, 0.25) is 0 Å². The first-order chi connectivity index (χ1) is 15.9. The average molecular weight is 475 g/mol. The van der Waals surface area contributed by atoms with Crippen molar-refractivity contribution in [1.82, 2.24) is 19.7 Å². The molecule has 2 aromatic rings. The number of nitrogens with zero attached hydrogens (tertiary/aromatic N) is 3. The Bertz CT molecular complexity index is 1060. The molecule has 2 saturated heterocycles. The number of nitrogens with one attached hydrogen (secondary N) is 1. The van der Waals surface area contributed by atoms with E-state index in [0.717, 1.165) is 25.2 Å². The van der Waals surface area contributed by atoms with E-state index in [-0.39, 0.29) is 29.0 Å². The van der Waals surface area contributed by atoms with Crippen molar-refractivity contribution in [3.8, 4) is 0 Å². The number of carbonyl (C=O) groups excluding carboxylic acids is 1. The molecule has 8 nitrogen and oxygen atoms in total. The van der Waals surface area contributed by atoms with E-state index in [1.807, 2.05) is 12.1 Å². The Morgan fingerprint density at radius 3 is 2.52 bits per heavy atom. The molecule has 1 unspecified atom stereocenters. The molecule has 1 amide bonds. The highest BCUT2D eigenvalue weighted by molar-refractivity contribution is 7.89. The lowest BCUT2D eigenvalue weighted by atomic mass is 9.98. The summed E-state index contributed by atoms with van der Waals surface area (Å²) in [5.74, 6) is -0.186. The molecule has 0 aliphatic carbocycles. The third-order valence-corrected chi connectivity index (χ3v) is 8.85. The lowest BCUT2D eigenvalue weighted by molar-refractivity contribution is -0.126. The molecule has 1 atom stereocenters. The van der Waals surface area contributed by atoms with Gasteiger partial charge in [0.05, 0.1) is 5.92 Å². The Morgan fingerprint density at radius 1 is 1.09 bits per heavy atom. The number of benzene rings is 1. The number of hydrogen-bond acceptors (Lipinski definition) is 6. The SMILES string of the molecule is Cc1noc(C)c1S(=O)(=O)N1CCCC(C(=O)NCc2ccccc2CN2CCCCC2)C1. The summed E-state index contributed by atoms with van der Waals surface area (Å²) in [4.78, 5) is 15.6. The van der Waals surface area contributed by atoms with E-state index in [0.29, 0.717) is 31.6 Å². The van der Waals surface area contributed by atoms with Crippen LogP contribution in [0.25, 0.3) is 0 Å². The number of rotatable bonds is 7. The minimum Gasteiger partial charge on any atom is -0.360 e. The van der Waals surface area contributed by atoms with Crippen LogP contribution in [0.3, 0.4) is 0 Å². The second-order valence-electron chi connectivity index (χ2n) is 9.18. The van der Waals surface area contributed by atoms with Gasteiger partial charge in [-0.3, -0.25) is 9.69 Å². The van der Waals surface area contributed by atoms with Gasteiger partial charge in [-0.25, -0.2) is 8.42 Å². The van der Waals surface area contributed by atoms with E-state index in [9.17, 15) is 13.2 Å². The van der Waals surface area contributed by atoms with Gasteiger partial charge in [0.25, 0.3) is 0 Å². The number of carbonyl (C=O) groups is 1. The maximum atomic E-state index is 13.2. The third-order valence-electron chi connectivity index (χ3n) is 6.73. The Balaban J connectivity index is 1.38. The quantitative estimate of drug-likeness (QED) is 0.663. The van der Waals surface area contributed by atoms with Crippen LogP contribution in [0.1, 0.15) is 54.7 Å². The molecule has 9 heteroatoms. The molecule has 2 aliphatic rings. The number of amides is 1. The van der Waals surface area contributed by atoms with Gasteiger partial charge in [-0.2, -0.15) is 4.31 Å². The Labute approximate surface area is 196 Å². The predicted molar refractivity (Wildman–Crippen MR) is 125 cm³/mol. The van der Waals surface area contributed by atoms with Crippen LogP contribution >= 0.6 is 0 Å². The van der Waals surface area contributed by atoms with Gasteiger partial charge in [0.15, 0.2) is 5.76 Å². The second-order valence-corrected chi connectivity index (χ2v) is 11.1. The highest BCUT2D eigenvalue weighted by Crippen LogP contribution is 2.28. The molecule has 180 valence electrons. The van der Waals surface area contributed by atoms with Crippen LogP contribution in [-0.4, -0.2) is 54.9 Å². The molecule has 4 rings (SSSR count). The van der Waals surface area contributed by atoms with Crippen molar-refractivity contribution >= 4 is 15.9 Å². The van der Waals surface area contributed by atoms with Crippen molar-refractivity contribution in [2.45, 2.75) is 63.9 Å². The van der Waals surface area contributed by atoms with Crippen molar-refractivity contribution in [2.24, 2.45) is 5.92 Å². The lowest BCUT2D eigenvalue weighted by Gasteiger charge is -2.31. The van der Waals surface area contributed by atoms with Crippen molar-refractivity contribution in [1.29, 1.82) is 0 Å². The van der Waals surface area contributed by atoms with Crippen LogP contribution in [-0.2, 0) is 27.9 Å². The summed E-state index contributed by atoms with van der Waals surface area (Å²) in [6.45, 7) is 7.40. The molecule has 1 aromatic carbocycles.